The first kappa shape index (κ1) is 59.4. The number of hydrogen-bond donors (Lipinski definition) is 0. The maximum atomic E-state index is 5.74. The van der Waals surface area contributed by atoms with Crippen molar-refractivity contribution in [1.29, 1.82) is 0 Å². The van der Waals surface area contributed by atoms with Gasteiger partial charge in [0.15, 0.2) is 17.5 Å². The van der Waals surface area contributed by atoms with Gasteiger partial charge >= 0.3 is 0 Å². The summed E-state index contributed by atoms with van der Waals surface area (Å²) in [6.45, 7) is 55.3. The van der Waals surface area contributed by atoms with Crippen LogP contribution in [0.3, 0.4) is 0 Å². The fraction of sp³-hybridized carbons (Fsp3) is 0.416. The maximum absolute atomic E-state index is 5.74. The summed E-state index contributed by atoms with van der Waals surface area (Å²) in [6.07, 6.45) is 0. The second kappa shape index (κ2) is 19.9. The smallest absolute Gasteiger partial charge is 0.252 e. The van der Waals surface area contributed by atoms with Crippen molar-refractivity contribution in [2.45, 2.75) is 209 Å². The maximum Gasteiger partial charge on any atom is 0.252 e. The van der Waals surface area contributed by atoms with Gasteiger partial charge in [0.05, 0.1) is 0 Å². The van der Waals surface area contributed by atoms with Crippen molar-refractivity contribution in [3.05, 3.63) is 178 Å². The number of benzene rings is 7. The van der Waals surface area contributed by atoms with E-state index in [1.165, 1.54) is 72.3 Å². The van der Waals surface area contributed by atoms with Crippen LogP contribution in [-0.4, -0.2) is 21.7 Å². The van der Waals surface area contributed by atoms with Crippen molar-refractivity contribution >= 4 is 57.2 Å². The van der Waals surface area contributed by atoms with Gasteiger partial charge in [0, 0.05) is 50.8 Å². The van der Waals surface area contributed by atoms with Crippen LogP contribution in [0.1, 0.15) is 211 Å². The Kier molecular flexibility index (Phi) is 14.2. The van der Waals surface area contributed by atoms with E-state index in [4.69, 9.17) is 15.0 Å². The zero-order valence-electron chi connectivity index (χ0n) is 55.0. The van der Waals surface area contributed by atoms with Crippen LogP contribution >= 0.6 is 0 Å². The van der Waals surface area contributed by atoms with Gasteiger partial charge < -0.3 is 9.80 Å². The molecule has 0 bridgehead atoms. The first-order valence-electron chi connectivity index (χ1n) is 30.5. The van der Waals surface area contributed by atoms with Crippen LogP contribution in [0.5, 0.6) is 0 Å². The normalized spacial score (nSPS) is 14.2. The fourth-order valence-electron chi connectivity index (χ4n) is 11.8. The molecule has 0 amide bonds. The van der Waals surface area contributed by atoms with Gasteiger partial charge in [0.2, 0.25) is 0 Å². The second-order valence-electron chi connectivity index (χ2n) is 32.6. The van der Waals surface area contributed by atoms with E-state index in [0.717, 1.165) is 39.4 Å². The van der Waals surface area contributed by atoms with Crippen molar-refractivity contribution in [2.75, 3.05) is 9.80 Å². The largest absolute Gasteiger partial charge is 0.311 e. The summed E-state index contributed by atoms with van der Waals surface area (Å²) < 4.78 is 0. The molecule has 0 spiro atoms. The van der Waals surface area contributed by atoms with Crippen LogP contribution in [-0.2, 0) is 43.3 Å². The highest BCUT2D eigenvalue weighted by Gasteiger charge is 2.45. The van der Waals surface area contributed by atoms with Gasteiger partial charge in [-0.3, -0.25) is 0 Å². The van der Waals surface area contributed by atoms with Crippen molar-refractivity contribution < 1.29 is 0 Å². The monoisotopic (exact) mass is 1100 g/mol. The average Bonchev–Trinajstić information content (AvgIpc) is 0.815. The predicted molar refractivity (Wildman–Crippen MR) is 360 cm³/mol. The molecule has 0 radical (unpaired) electrons. The lowest BCUT2D eigenvalue weighted by atomic mass is 9.33. The average molecular weight is 1100 g/mol. The molecule has 0 saturated carbocycles. The van der Waals surface area contributed by atoms with Crippen LogP contribution in [0.15, 0.2) is 133 Å². The number of hydrogen-bond acceptors (Lipinski definition) is 5. The molecular weight excluding hydrogens is 1010 g/mol. The molecule has 2 aliphatic rings. The summed E-state index contributed by atoms with van der Waals surface area (Å²) in [5.41, 5.74) is 23.0. The summed E-state index contributed by atoms with van der Waals surface area (Å²) in [5.74, 6) is 1.95. The molecule has 0 unspecified atom stereocenters. The molecule has 0 saturated heterocycles. The Bertz CT molecular complexity index is 3500. The lowest BCUT2D eigenvalue weighted by Crippen LogP contribution is -2.61. The van der Waals surface area contributed by atoms with E-state index in [9.17, 15) is 0 Å². The Morgan fingerprint density at radius 2 is 0.506 bits per heavy atom. The highest BCUT2D eigenvalue weighted by Crippen LogP contribution is 2.48. The van der Waals surface area contributed by atoms with E-state index >= 15 is 0 Å². The molecule has 430 valence electrons. The Labute approximate surface area is 500 Å². The van der Waals surface area contributed by atoms with E-state index in [-0.39, 0.29) is 50.0 Å². The number of fused-ring (bicyclic) bond motifs is 4. The quantitative estimate of drug-likeness (QED) is 0.161. The van der Waals surface area contributed by atoms with Gasteiger partial charge in [-0.1, -0.05) is 227 Å². The SMILES string of the molecule is CC(C)(C)c1ccc(N2c3cc(C(C)(C)C)ccc3B3c4ccc(C(C)(C)C)cc4N(c4ccc(C(C)(C)C)cc4)c4cc(-c5nc(-c6cc(C(C)(C)C)cc(C(C)(C)C)c6)nc(-c6cc(C(C)(C)C)cc(C(C)(C)C)c6)n5)cc2c43)cc1. The molecule has 3 heterocycles. The summed E-state index contributed by atoms with van der Waals surface area (Å²) in [4.78, 5) is 22.2. The van der Waals surface area contributed by atoms with Crippen molar-refractivity contribution in [1.82, 2.24) is 15.0 Å². The summed E-state index contributed by atoms with van der Waals surface area (Å²) in [7, 11) is 0. The standard InChI is InChI=1S/C77H94BN5/c1-70(2,3)50-25-31-58(32-26-50)82-62-45-52(72(7,8)9)29-35-60(62)78-61-36-30-53(73(10,11)12)46-63(61)83(59-33-27-51(28-34-59)71(4,5)6)65-42-49(41-64(82)66(65)78)69-80-67(47-37-54(74(13,14)15)43-55(38-47)75(16,17)18)79-68(81-69)48-39-56(76(19,20)21)44-57(40-48)77(22,23)24/h25-46H,1-24H3. The third-order valence-corrected chi connectivity index (χ3v) is 17.5. The van der Waals surface area contributed by atoms with E-state index < -0.39 is 0 Å². The highest BCUT2D eigenvalue weighted by molar-refractivity contribution is 7.00. The Hall–Kier alpha value is -6.79. The molecule has 1 aromatic heterocycles. The Morgan fingerprint density at radius 1 is 0.253 bits per heavy atom. The predicted octanol–water partition coefficient (Wildman–Crippen LogP) is 19.3. The Balaban J connectivity index is 1.38. The van der Waals surface area contributed by atoms with Crippen LogP contribution < -0.4 is 26.2 Å². The van der Waals surface area contributed by atoms with Gasteiger partial charge in [0.1, 0.15) is 0 Å². The van der Waals surface area contributed by atoms with Gasteiger partial charge in [0.25, 0.3) is 6.71 Å². The van der Waals surface area contributed by atoms with Gasteiger partial charge in [-0.25, -0.2) is 15.0 Å². The van der Waals surface area contributed by atoms with Gasteiger partial charge in [-0.15, -0.1) is 0 Å². The van der Waals surface area contributed by atoms with Crippen LogP contribution in [0.25, 0.3) is 34.2 Å². The molecule has 83 heavy (non-hydrogen) atoms. The minimum absolute atomic E-state index is 0.0191. The van der Waals surface area contributed by atoms with E-state index in [0.29, 0.717) is 17.5 Å². The molecule has 8 aromatic rings. The molecule has 10 rings (SSSR count). The van der Waals surface area contributed by atoms with Gasteiger partial charge in [-0.2, -0.15) is 0 Å². The topological polar surface area (TPSA) is 45.2 Å². The number of rotatable bonds is 5. The number of nitrogens with zero attached hydrogens (tertiary/aromatic N) is 5. The summed E-state index contributed by atoms with van der Waals surface area (Å²) in [5, 5.41) is 0. The zero-order valence-corrected chi connectivity index (χ0v) is 55.0. The molecule has 5 nitrogen and oxygen atoms in total. The molecule has 0 N–H and O–H groups in total. The van der Waals surface area contributed by atoms with E-state index in [1.807, 2.05) is 0 Å². The lowest BCUT2D eigenvalue weighted by molar-refractivity contribution is 0.568. The van der Waals surface area contributed by atoms with E-state index in [2.05, 4.69) is 309 Å². The fourth-order valence-corrected chi connectivity index (χ4v) is 11.8. The minimum Gasteiger partial charge on any atom is -0.311 e. The molecule has 0 aliphatic carbocycles. The lowest BCUT2D eigenvalue weighted by Gasteiger charge is -2.45. The first-order chi connectivity index (χ1) is 38.2. The highest BCUT2D eigenvalue weighted by atomic mass is 15.2. The molecule has 2 aliphatic heterocycles. The van der Waals surface area contributed by atoms with Crippen molar-refractivity contribution in [2.24, 2.45) is 0 Å². The van der Waals surface area contributed by atoms with E-state index in [1.54, 1.807) is 0 Å². The number of anilines is 6. The zero-order chi connectivity index (χ0) is 60.7. The van der Waals surface area contributed by atoms with Crippen LogP contribution in [0, 0.1) is 0 Å². The third kappa shape index (κ3) is 11.5. The van der Waals surface area contributed by atoms with Crippen molar-refractivity contribution in [3.8, 4) is 34.2 Å². The van der Waals surface area contributed by atoms with Crippen molar-refractivity contribution in [3.63, 3.8) is 0 Å². The third-order valence-electron chi connectivity index (χ3n) is 17.5. The molecule has 0 atom stereocenters. The number of aromatic nitrogens is 3. The molecule has 7 aromatic carbocycles. The minimum atomic E-state index is -0.121. The van der Waals surface area contributed by atoms with Crippen LogP contribution in [0.2, 0.25) is 0 Å². The first-order valence-corrected chi connectivity index (χ1v) is 30.5. The van der Waals surface area contributed by atoms with Crippen LogP contribution in [0.4, 0.5) is 34.1 Å². The molecule has 6 heteroatoms. The summed E-state index contributed by atoms with van der Waals surface area (Å²) >= 11 is 0. The summed E-state index contributed by atoms with van der Waals surface area (Å²) in [6, 6.07) is 52.2. The molecular formula is C77H94BN5. The van der Waals surface area contributed by atoms with Gasteiger partial charge in [-0.05, 0) is 177 Å². The second-order valence-corrected chi connectivity index (χ2v) is 32.6. The molecule has 0 fully saturated rings. The Morgan fingerprint density at radius 3 is 0.771 bits per heavy atom.